The van der Waals surface area contributed by atoms with Crippen molar-refractivity contribution in [1.82, 2.24) is 0 Å². The molecule has 0 aromatic rings. The van der Waals surface area contributed by atoms with Crippen molar-refractivity contribution >= 4 is 17.9 Å². The van der Waals surface area contributed by atoms with Gasteiger partial charge < -0.3 is 17.2 Å². The first-order valence-corrected chi connectivity index (χ1v) is 4.95. The molecule has 0 spiro atoms. The van der Waals surface area contributed by atoms with E-state index in [9.17, 15) is 22.8 Å². The van der Waals surface area contributed by atoms with Crippen LogP contribution in [-0.2, 0) is 19.4 Å². The van der Waals surface area contributed by atoms with Gasteiger partial charge in [-0.15, -0.1) is 0 Å². The van der Waals surface area contributed by atoms with Crippen molar-refractivity contribution in [2.24, 2.45) is 22.2 Å². The number of hydrogen-bond acceptors (Lipinski definition) is 6. The molecule has 8 nitrogen and oxygen atoms in total. The molecule has 0 aliphatic carbocycles. The second-order valence-corrected chi connectivity index (χ2v) is 3.33. The molecular weight excluding hydrogens is 273 g/mol. The number of aliphatic imine (C=N–C) groups is 1. The molecule has 1 atom stereocenters. The number of carbonyl (C=O) groups is 2. The fraction of sp³-hybridized carbons (Fsp3) is 0.625. The molecule has 0 aliphatic rings. The first kappa shape index (κ1) is 17.0. The van der Waals surface area contributed by atoms with Gasteiger partial charge in [0.1, 0.15) is 6.04 Å². The third-order valence-electron chi connectivity index (χ3n) is 1.70. The van der Waals surface area contributed by atoms with E-state index in [1.807, 2.05) is 0 Å². The highest BCUT2D eigenvalue weighted by molar-refractivity contribution is 5.78. The van der Waals surface area contributed by atoms with Crippen molar-refractivity contribution in [2.45, 2.75) is 25.1 Å². The number of nitrogens with two attached hydrogens (primary N) is 3. The zero-order valence-electron chi connectivity index (χ0n) is 9.64. The summed E-state index contributed by atoms with van der Waals surface area (Å²) >= 11 is 0. The predicted octanol–water partition coefficient (Wildman–Crippen LogP) is -1.07. The minimum Gasteiger partial charge on any atom is -0.370 e. The van der Waals surface area contributed by atoms with E-state index < -0.39 is 24.2 Å². The van der Waals surface area contributed by atoms with E-state index in [-0.39, 0.29) is 18.9 Å². The van der Waals surface area contributed by atoms with Gasteiger partial charge in [-0.1, -0.05) is 0 Å². The molecule has 0 aliphatic heterocycles. The van der Waals surface area contributed by atoms with Crippen LogP contribution in [0.2, 0.25) is 0 Å². The van der Waals surface area contributed by atoms with Gasteiger partial charge in [0.05, 0.1) is 0 Å². The highest BCUT2D eigenvalue weighted by Crippen LogP contribution is 2.16. The summed E-state index contributed by atoms with van der Waals surface area (Å²) in [6.07, 6.45) is -4.92. The van der Waals surface area contributed by atoms with Crippen LogP contribution in [0.5, 0.6) is 0 Å². The first-order chi connectivity index (χ1) is 8.64. The molecule has 0 fully saturated rings. The summed E-state index contributed by atoms with van der Waals surface area (Å²) in [7, 11) is 0. The monoisotopic (exact) mass is 286 g/mol. The smallest absolute Gasteiger partial charge is 0.370 e. The Morgan fingerprint density at radius 1 is 1.21 bits per heavy atom. The Hall–Kier alpha value is -2.04. The van der Waals surface area contributed by atoms with E-state index in [1.165, 1.54) is 0 Å². The zero-order chi connectivity index (χ0) is 15.1. The molecule has 0 aromatic carbocycles. The standard InChI is InChI=1S/C8H13F3N4O4/c9-8(10,11)6(17)19-18-5(16)4(12)2-1-3-15-7(13)14/h4H,1-3,12H2,(H4,13,14,15). The third kappa shape index (κ3) is 7.81. The quantitative estimate of drug-likeness (QED) is 0.192. The summed E-state index contributed by atoms with van der Waals surface area (Å²) in [5.41, 5.74) is 15.3. The topological polar surface area (TPSA) is 143 Å². The van der Waals surface area contributed by atoms with Crippen LogP contribution < -0.4 is 17.2 Å². The molecule has 0 rings (SSSR count). The van der Waals surface area contributed by atoms with E-state index in [2.05, 4.69) is 14.8 Å². The normalized spacial score (nSPS) is 12.4. The van der Waals surface area contributed by atoms with Gasteiger partial charge in [0, 0.05) is 6.54 Å². The third-order valence-corrected chi connectivity index (χ3v) is 1.70. The van der Waals surface area contributed by atoms with Gasteiger partial charge in [0.25, 0.3) is 0 Å². The zero-order valence-corrected chi connectivity index (χ0v) is 9.64. The number of alkyl halides is 3. The van der Waals surface area contributed by atoms with Gasteiger partial charge in [0.15, 0.2) is 5.96 Å². The Morgan fingerprint density at radius 2 is 1.79 bits per heavy atom. The lowest BCUT2D eigenvalue weighted by atomic mass is 10.2. The Bertz CT molecular complexity index is 354. The van der Waals surface area contributed by atoms with Crippen LogP contribution in [0.25, 0.3) is 0 Å². The number of hydrogen-bond donors (Lipinski definition) is 3. The van der Waals surface area contributed by atoms with Crippen molar-refractivity contribution in [1.29, 1.82) is 0 Å². The number of rotatable bonds is 5. The molecule has 0 bridgehead atoms. The van der Waals surface area contributed by atoms with Gasteiger partial charge >= 0.3 is 18.1 Å². The summed E-state index contributed by atoms with van der Waals surface area (Å²) < 4.78 is 35.1. The predicted molar refractivity (Wildman–Crippen MR) is 56.1 cm³/mol. The highest BCUT2D eigenvalue weighted by Gasteiger charge is 2.43. The van der Waals surface area contributed by atoms with Gasteiger partial charge in [-0.25, -0.2) is 19.4 Å². The Labute approximate surface area is 105 Å². The summed E-state index contributed by atoms with van der Waals surface area (Å²) in [6, 6.07) is -1.25. The Balaban J connectivity index is 3.95. The van der Waals surface area contributed by atoms with Crippen LogP contribution in [0, 0.1) is 0 Å². The lowest BCUT2D eigenvalue weighted by Crippen LogP contribution is -2.35. The van der Waals surface area contributed by atoms with E-state index >= 15 is 0 Å². The summed E-state index contributed by atoms with van der Waals surface area (Å²) in [5.74, 6) is -4.09. The Morgan fingerprint density at radius 3 is 2.26 bits per heavy atom. The van der Waals surface area contributed by atoms with E-state index in [0.29, 0.717) is 6.42 Å². The number of carbonyl (C=O) groups excluding carboxylic acids is 2. The van der Waals surface area contributed by atoms with Crippen LogP contribution in [0.3, 0.4) is 0 Å². The first-order valence-electron chi connectivity index (χ1n) is 4.95. The van der Waals surface area contributed by atoms with Gasteiger partial charge in [-0.3, -0.25) is 4.99 Å². The van der Waals surface area contributed by atoms with Gasteiger partial charge in [0.2, 0.25) is 0 Å². The van der Waals surface area contributed by atoms with Crippen LogP contribution in [0.1, 0.15) is 12.8 Å². The van der Waals surface area contributed by atoms with Crippen LogP contribution in [0.4, 0.5) is 13.2 Å². The molecule has 0 radical (unpaired) electrons. The minimum absolute atomic E-state index is 0.0409. The summed E-state index contributed by atoms with van der Waals surface area (Å²) in [6.45, 7) is 0.186. The molecule has 6 N–H and O–H groups in total. The molecule has 110 valence electrons. The second kappa shape index (κ2) is 7.41. The number of guanidine groups is 1. The lowest BCUT2D eigenvalue weighted by Gasteiger charge is -2.09. The van der Waals surface area contributed by atoms with E-state index in [1.54, 1.807) is 0 Å². The largest absolute Gasteiger partial charge is 0.495 e. The van der Waals surface area contributed by atoms with Crippen molar-refractivity contribution in [2.75, 3.05) is 6.54 Å². The van der Waals surface area contributed by atoms with Crippen LogP contribution in [-0.4, -0.2) is 36.7 Å². The highest BCUT2D eigenvalue weighted by atomic mass is 19.4. The van der Waals surface area contributed by atoms with E-state index in [4.69, 9.17) is 17.2 Å². The maximum atomic E-state index is 11.7. The Kier molecular flexibility index (Phi) is 6.61. The average Bonchev–Trinajstić information content (AvgIpc) is 2.29. The second-order valence-electron chi connectivity index (χ2n) is 3.33. The minimum atomic E-state index is -5.25. The van der Waals surface area contributed by atoms with Crippen molar-refractivity contribution in [3.05, 3.63) is 0 Å². The summed E-state index contributed by atoms with van der Waals surface area (Å²) in [5, 5.41) is 0. The maximum absolute atomic E-state index is 11.7. The molecule has 0 saturated carbocycles. The molecular formula is C8H13F3N4O4. The van der Waals surface area contributed by atoms with Crippen molar-refractivity contribution < 1.29 is 32.5 Å². The number of nitrogens with zero attached hydrogens (tertiary/aromatic N) is 1. The molecule has 11 heteroatoms. The molecule has 0 saturated heterocycles. The lowest BCUT2D eigenvalue weighted by molar-refractivity contribution is -0.286. The molecule has 1 unspecified atom stereocenters. The maximum Gasteiger partial charge on any atom is 0.495 e. The fourth-order valence-electron chi connectivity index (χ4n) is 0.825. The van der Waals surface area contributed by atoms with Crippen molar-refractivity contribution in [3.8, 4) is 0 Å². The molecule has 0 heterocycles. The summed E-state index contributed by atoms with van der Waals surface area (Å²) in [4.78, 5) is 31.8. The van der Waals surface area contributed by atoms with E-state index in [0.717, 1.165) is 0 Å². The molecule has 0 aromatic heterocycles. The molecule has 0 amide bonds. The van der Waals surface area contributed by atoms with Crippen molar-refractivity contribution in [3.63, 3.8) is 0 Å². The SMILES string of the molecule is NC(N)=NCCCC(N)C(=O)OOC(=O)C(F)(F)F. The average molecular weight is 286 g/mol. The molecule has 19 heavy (non-hydrogen) atoms. The number of halogens is 3. The fourth-order valence-corrected chi connectivity index (χ4v) is 0.825. The van der Waals surface area contributed by atoms with Crippen LogP contribution in [0.15, 0.2) is 4.99 Å². The van der Waals surface area contributed by atoms with Crippen LogP contribution >= 0.6 is 0 Å². The van der Waals surface area contributed by atoms with Gasteiger partial charge in [-0.2, -0.15) is 13.2 Å². The van der Waals surface area contributed by atoms with Gasteiger partial charge in [-0.05, 0) is 12.8 Å².